The Bertz CT molecular complexity index is 921. The van der Waals surface area contributed by atoms with Crippen molar-refractivity contribution < 1.29 is 9.53 Å². The fourth-order valence-corrected chi connectivity index (χ4v) is 4.95. The fraction of sp³-hybridized carbons (Fsp3) is 0.519. The Morgan fingerprint density at radius 3 is 2.25 bits per heavy atom. The van der Waals surface area contributed by atoms with Gasteiger partial charge in [0.1, 0.15) is 5.60 Å². The molecule has 2 aliphatic rings. The Morgan fingerprint density at radius 1 is 0.906 bits per heavy atom. The van der Waals surface area contributed by atoms with Crippen LogP contribution in [-0.2, 0) is 17.8 Å². The summed E-state index contributed by atoms with van der Waals surface area (Å²) < 4.78 is 5.86. The van der Waals surface area contributed by atoms with E-state index in [9.17, 15) is 4.79 Å². The zero-order valence-electron chi connectivity index (χ0n) is 19.8. The van der Waals surface area contributed by atoms with Crippen molar-refractivity contribution in [2.45, 2.75) is 50.8 Å². The Balaban J connectivity index is 1.42. The maximum atomic E-state index is 12.5. The van der Waals surface area contributed by atoms with Crippen molar-refractivity contribution in [2.75, 3.05) is 40.8 Å². The van der Waals surface area contributed by atoms with E-state index in [2.05, 4.69) is 79.5 Å². The number of rotatable bonds is 8. The molecule has 172 valence electrons. The summed E-state index contributed by atoms with van der Waals surface area (Å²) in [4.78, 5) is 19.0. The molecule has 2 aromatic rings. The Morgan fingerprint density at radius 2 is 1.56 bits per heavy atom. The number of carbonyl (C=O) groups is 1. The van der Waals surface area contributed by atoms with Crippen molar-refractivity contribution in [1.29, 1.82) is 0 Å². The van der Waals surface area contributed by atoms with Crippen molar-refractivity contribution in [1.82, 2.24) is 14.7 Å². The first-order valence-electron chi connectivity index (χ1n) is 11.9. The molecule has 0 bridgehead atoms. The van der Waals surface area contributed by atoms with Crippen LogP contribution in [-0.4, -0.2) is 67.2 Å². The van der Waals surface area contributed by atoms with E-state index in [1.807, 2.05) is 4.90 Å². The third-order valence-electron chi connectivity index (χ3n) is 6.75. The van der Waals surface area contributed by atoms with E-state index in [0.29, 0.717) is 6.54 Å². The van der Waals surface area contributed by atoms with E-state index in [1.165, 1.54) is 23.1 Å². The molecule has 0 N–H and O–H groups in total. The van der Waals surface area contributed by atoms with Crippen LogP contribution in [0.5, 0.6) is 0 Å². The highest BCUT2D eigenvalue weighted by Crippen LogP contribution is 2.37. The van der Waals surface area contributed by atoms with Crippen LogP contribution in [0, 0.1) is 0 Å². The topological polar surface area (TPSA) is 36.0 Å². The monoisotopic (exact) mass is 435 g/mol. The van der Waals surface area contributed by atoms with Gasteiger partial charge in [0.05, 0.1) is 6.54 Å². The van der Waals surface area contributed by atoms with E-state index in [0.717, 1.165) is 57.4 Å². The second kappa shape index (κ2) is 10.1. The van der Waals surface area contributed by atoms with E-state index in [1.54, 1.807) is 0 Å². The number of nitrogens with zero attached hydrogens (tertiary/aromatic N) is 3. The molecule has 1 amide bonds. The molecule has 0 unspecified atom stereocenters. The highest BCUT2D eigenvalue weighted by molar-refractivity contribution is 5.71. The molecule has 2 fully saturated rings. The summed E-state index contributed by atoms with van der Waals surface area (Å²) in [5.41, 5.74) is 4.65. The van der Waals surface area contributed by atoms with Gasteiger partial charge in [0.15, 0.2) is 0 Å². The molecule has 1 saturated heterocycles. The fourth-order valence-electron chi connectivity index (χ4n) is 4.95. The molecule has 2 aromatic carbocycles. The van der Waals surface area contributed by atoms with Crippen LogP contribution in [0.4, 0.5) is 4.79 Å². The third-order valence-corrected chi connectivity index (χ3v) is 6.75. The predicted molar refractivity (Wildman–Crippen MR) is 129 cm³/mol. The zero-order valence-corrected chi connectivity index (χ0v) is 19.8. The van der Waals surface area contributed by atoms with E-state index >= 15 is 0 Å². The smallest absolute Gasteiger partial charge is 0.410 e. The standard InChI is InChI=1S/C27H37N3O2/c1-28(2)15-16-29(3)19-22-9-7-11-24(17-22)25-12-8-10-23(18-25)20-30-21-27(32-26(30)31)13-5-4-6-14-27/h7-12,17-18H,4-6,13-16,19-21H2,1-3H3. The summed E-state index contributed by atoms with van der Waals surface area (Å²) in [6.45, 7) is 4.37. The normalized spacial score (nSPS) is 18.0. The zero-order chi connectivity index (χ0) is 22.6. The van der Waals surface area contributed by atoms with Crippen molar-refractivity contribution in [3.63, 3.8) is 0 Å². The number of ether oxygens (including phenoxy) is 1. The number of likely N-dealkylation sites (N-methyl/N-ethyl adjacent to an activating group) is 2. The number of benzene rings is 2. The molecule has 1 saturated carbocycles. The molecule has 5 nitrogen and oxygen atoms in total. The van der Waals surface area contributed by atoms with Gasteiger partial charge in [0.2, 0.25) is 0 Å². The number of hydrogen-bond acceptors (Lipinski definition) is 4. The first-order chi connectivity index (χ1) is 15.4. The first kappa shape index (κ1) is 22.8. The SMILES string of the molecule is CN(C)CCN(C)Cc1cccc(-c2cccc(CN3CC4(CCCCC4)OC3=O)c2)c1. The summed E-state index contributed by atoms with van der Waals surface area (Å²) in [5, 5.41) is 0. The van der Waals surface area contributed by atoms with Crippen LogP contribution in [0.2, 0.25) is 0 Å². The lowest BCUT2D eigenvalue weighted by molar-refractivity contribution is 0.0260. The molecule has 4 rings (SSSR count). The molecule has 1 spiro atoms. The Labute approximate surface area is 193 Å². The lowest BCUT2D eigenvalue weighted by Gasteiger charge is -2.30. The number of hydrogen-bond donors (Lipinski definition) is 0. The summed E-state index contributed by atoms with van der Waals surface area (Å²) in [6, 6.07) is 17.4. The van der Waals surface area contributed by atoms with Gasteiger partial charge >= 0.3 is 6.09 Å². The largest absolute Gasteiger partial charge is 0.441 e. The maximum absolute atomic E-state index is 12.5. The van der Waals surface area contributed by atoms with Crippen LogP contribution in [0.25, 0.3) is 11.1 Å². The summed E-state index contributed by atoms with van der Waals surface area (Å²) >= 11 is 0. The van der Waals surface area contributed by atoms with Crippen LogP contribution < -0.4 is 0 Å². The Hall–Kier alpha value is -2.37. The number of carbonyl (C=O) groups excluding carboxylic acids is 1. The second-order valence-corrected chi connectivity index (χ2v) is 9.91. The molecule has 5 heteroatoms. The van der Waals surface area contributed by atoms with Crippen LogP contribution in [0.1, 0.15) is 43.2 Å². The first-order valence-corrected chi connectivity index (χ1v) is 11.9. The number of amides is 1. The quantitative estimate of drug-likeness (QED) is 0.584. The minimum atomic E-state index is -0.236. The van der Waals surface area contributed by atoms with Gasteiger partial charge in [-0.05, 0) is 81.2 Å². The summed E-state index contributed by atoms with van der Waals surface area (Å²) in [5.74, 6) is 0. The van der Waals surface area contributed by atoms with E-state index in [-0.39, 0.29) is 11.7 Å². The molecule has 0 radical (unpaired) electrons. The van der Waals surface area contributed by atoms with E-state index in [4.69, 9.17) is 4.74 Å². The van der Waals surface area contributed by atoms with Gasteiger partial charge < -0.3 is 14.5 Å². The third kappa shape index (κ3) is 5.70. The van der Waals surface area contributed by atoms with Gasteiger partial charge in [0, 0.05) is 26.2 Å². The Kier molecular flexibility index (Phi) is 7.17. The highest BCUT2D eigenvalue weighted by atomic mass is 16.6. The van der Waals surface area contributed by atoms with Crippen molar-refractivity contribution in [3.05, 3.63) is 59.7 Å². The van der Waals surface area contributed by atoms with E-state index < -0.39 is 0 Å². The predicted octanol–water partition coefficient (Wildman–Crippen LogP) is 5.00. The minimum absolute atomic E-state index is 0.153. The lowest BCUT2D eigenvalue weighted by Crippen LogP contribution is -2.36. The minimum Gasteiger partial charge on any atom is -0.441 e. The van der Waals surface area contributed by atoms with Gasteiger partial charge in [-0.15, -0.1) is 0 Å². The van der Waals surface area contributed by atoms with Crippen LogP contribution in [0.3, 0.4) is 0 Å². The van der Waals surface area contributed by atoms with Crippen LogP contribution >= 0.6 is 0 Å². The van der Waals surface area contributed by atoms with Gasteiger partial charge in [0.25, 0.3) is 0 Å². The van der Waals surface area contributed by atoms with Gasteiger partial charge in [-0.2, -0.15) is 0 Å². The highest BCUT2D eigenvalue weighted by Gasteiger charge is 2.45. The maximum Gasteiger partial charge on any atom is 0.410 e. The van der Waals surface area contributed by atoms with Gasteiger partial charge in [-0.1, -0.05) is 42.8 Å². The molecule has 32 heavy (non-hydrogen) atoms. The summed E-state index contributed by atoms with van der Waals surface area (Å²) in [6.07, 6.45) is 5.44. The molecule has 1 aliphatic carbocycles. The van der Waals surface area contributed by atoms with Crippen LogP contribution in [0.15, 0.2) is 48.5 Å². The average molecular weight is 436 g/mol. The molecular formula is C27H37N3O2. The molecule has 1 heterocycles. The second-order valence-electron chi connectivity index (χ2n) is 9.91. The average Bonchev–Trinajstić information content (AvgIpc) is 3.07. The van der Waals surface area contributed by atoms with Crippen molar-refractivity contribution in [3.8, 4) is 11.1 Å². The lowest BCUT2D eigenvalue weighted by atomic mass is 9.85. The summed E-state index contributed by atoms with van der Waals surface area (Å²) in [7, 11) is 6.39. The molecule has 0 aromatic heterocycles. The molecule has 1 aliphatic heterocycles. The van der Waals surface area contributed by atoms with Crippen molar-refractivity contribution >= 4 is 6.09 Å². The molecule has 0 atom stereocenters. The van der Waals surface area contributed by atoms with Gasteiger partial charge in [-0.3, -0.25) is 4.90 Å². The van der Waals surface area contributed by atoms with Gasteiger partial charge in [-0.25, -0.2) is 4.79 Å². The molecular weight excluding hydrogens is 398 g/mol. The van der Waals surface area contributed by atoms with Crippen molar-refractivity contribution in [2.24, 2.45) is 0 Å².